The van der Waals surface area contributed by atoms with Crippen LogP contribution in [0.1, 0.15) is 39.1 Å². The fraction of sp³-hybridized carbons (Fsp3) is 0.286. The number of piperidine rings is 1. The van der Waals surface area contributed by atoms with Crippen molar-refractivity contribution in [3.8, 4) is 0 Å². The van der Waals surface area contributed by atoms with Gasteiger partial charge in [0.1, 0.15) is 12.2 Å². The fourth-order valence-corrected chi connectivity index (χ4v) is 6.21. The lowest BCUT2D eigenvalue weighted by molar-refractivity contribution is -0.119. The van der Waals surface area contributed by atoms with Gasteiger partial charge in [0, 0.05) is 29.5 Å². The summed E-state index contributed by atoms with van der Waals surface area (Å²) in [4.78, 5) is 39.5. The molecule has 1 spiro atoms. The van der Waals surface area contributed by atoms with Crippen molar-refractivity contribution in [1.29, 1.82) is 0 Å². The molecule has 0 atom stereocenters. The Balaban J connectivity index is 1.58. The van der Waals surface area contributed by atoms with Crippen LogP contribution in [0.25, 0.3) is 0 Å². The maximum Gasteiger partial charge on any atom is 0.256 e. The van der Waals surface area contributed by atoms with Crippen molar-refractivity contribution in [1.82, 2.24) is 15.5 Å². The molecule has 2 aromatic carbocycles. The molecule has 0 bridgehead atoms. The predicted molar refractivity (Wildman–Crippen MR) is 106 cm³/mol. The van der Waals surface area contributed by atoms with Crippen molar-refractivity contribution >= 4 is 27.4 Å². The number of carbonyl (C=O) groups is 3. The largest absolute Gasteiger partial charge is 0.332 e. The Hall–Kier alpha value is -3.04. The van der Waals surface area contributed by atoms with Crippen molar-refractivity contribution in [3.63, 3.8) is 0 Å². The molecular formula is C21H19N3O5S. The zero-order valence-corrected chi connectivity index (χ0v) is 16.8. The smallest absolute Gasteiger partial charge is 0.256 e. The van der Waals surface area contributed by atoms with E-state index in [2.05, 4.69) is 10.6 Å². The molecule has 30 heavy (non-hydrogen) atoms. The average Bonchev–Trinajstić information content (AvgIpc) is 3.07. The number of fused-ring (bicyclic) bond motifs is 2. The van der Waals surface area contributed by atoms with E-state index in [4.69, 9.17) is 0 Å². The first kappa shape index (κ1) is 19.0. The molecule has 0 saturated carbocycles. The van der Waals surface area contributed by atoms with E-state index in [-0.39, 0.29) is 44.7 Å². The summed E-state index contributed by atoms with van der Waals surface area (Å²) >= 11 is 0. The minimum absolute atomic E-state index is 0.0532. The van der Waals surface area contributed by atoms with Crippen molar-refractivity contribution in [3.05, 3.63) is 59.2 Å². The van der Waals surface area contributed by atoms with Crippen molar-refractivity contribution < 1.29 is 22.8 Å². The lowest BCUT2D eigenvalue weighted by Crippen LogP contribution is -2.59. The molecule has 0 unspecified atom stereocenters. The standard InChI is InChI=1S/C21H19N3O5S/c25-18-12-24(21(23-18)7-9-22-10-8-21)20(27)13-5-6-15-17(11-13)30(28,29)16-4-2-1-3-14(16)19(15)26/h1-6,11,22H,7-10,12H2,(H,23,25). The third kappa shape index (κ3) is 2.62. The van der Waals surface area contributed by atoms with Crippen LogP contribution in [0.3, 0.4) is 0 Å². The number of nitrogens with zero attached hydrogens (tertiary/aromatic N) is 1. The Kier molecular flexibility index (Phi) is 4.09. The van der Waals surface area contributed by atoms with Gasteiger partial charge >= 0.3 is 0 Å². The van der Waals surface area contributed by atoms with E-state index in [1.165, 1.54) is 35.2 Å². The fourth-order valence-electron chi connectivity index (χ4n) is 4.54. The summed E-state index contributed by atoms with van der Waals surface area (Å²) in [6.07, 6.45) is 1.14. The number of sulfone groups is 1. The Morgan fingerprint density at radius 3 is 2.43 bits per heavy atom. The van der Waals surface area contributed by atoms with Gasteiger partial charge in [0.15, 0.2) is 5.78 Å². The summed E-state index contributed by atoms with van der Waals surface area (Å²) in [5.74, 6) is -1.05. The number of rotatable bonds is 1. The highest BCUT2D eigenvalue weighted by molar-refractivity contribution is 7.91. The van der Waals surface area contributed by atoms with E-state index in [0.717, 1.165) is 0 Å². The van der Waals surface area contributed by atoms with Crippen LogP contribution in [0.15, 0.2) is 52.3 Å². The maximum absolute atomic E-state index is 13.3. The molecule has 2 saturated heterocycles. The van der Waals surface area contributed by atoms with Crippen LogP contribution in [-0.2, 0) is 14.6 Å². The molecule has 2 amide bonds. The van der Waals surface area contributed by atoms with Gasteiger partial charge in [-0.25, -0.2) is 8.42 Å². The molecule has 0 aromatic heterocycles. The highest BCUT2D eigenvalue weighted by atomic mass is 32.2. The summed E-state index contributed by atoms with van der Waals surface area (Å²) < 4.78 is 26.3. The second-order valence-electron chi connectivity index (χ2n) is 7.76. The number of nitrogens with one attached hydrogen (secondary N) is 2. The van der Waals surface area contributed by atoms with Gasteiger partial charge in [-0.3, -0.25) is 14.4 Å². The molecule has 5 rings (SSSR count). The van der Waals surface area contributed by atoms with Crippen molar-refractivity contribution in [2.45, 2.75) is 28.3 Å². The van der Waals surface area contributed by atoms with Gasteiger partial charge < -0.3 is 15.5 Å². The molecule has 0 radical (unpaired) electrons. The van der Waals surface area contributed by atoms with Crippen molar-refractivity contribution in [2.24, 2.45) is 0 Å². The predicted octanol–water partition coefficient (Wildman–Crippen LogP) is 0.716. The number of ketones is 1. The lowest BCUT2D eigenvalue weighted by atomic mass is 9.96. The zero-order chi connectivity index (χ0) is 21.1. The van der Waals surface area contributed by atoms with Gasteiger partial charge in [-0.15, -0.1) is 0 Å². The molecule has 0 aliphatic carbocycles. The second kappa shape index (κ2) is 6.48. The van der Waals surface area contributed by atoms with Gasteiger partial charge in [-0.05, 0) is 43.4 Å². The minimum atomic E-state index is -3.94. The normalized spacial score (nSPS) is 21.1. The number of hydrogen-bond acceptors (Lipinski definition) is 6. The summed E-state index contributed by atoms with van der Waals surface area (Å²) in [6.45, 7) is 1.24. The highest BCUT2D eigenvalue weighted by Gasteiger charge is 2.48. The van der Waals surface area contributed by atoms with E-state index in [9.17, 15) is 22.8 Å². The third-order valence-electron chi connectivity index (χ3n) is 6.05. The molecule has 154 valence electrons. The quantitative estimate of drug-likeness (QED) is 0.594. The second-order valence-corrected chi connectivity index (χ2v) is 9.65. The van der Waals surface area contributed by atoms with Crippen molar-refractivity contribution in [2.75, 3.05) is 19.6 Å². The van der Waals surface area contributed by atoms with Gasteiger partial charge in [-0.1, -0.05) is 12.1 Å². The Labute approximate surface area is 173 Å². The number of carbonyl (C=O) groups excluding carboxylic acids is 3. The molecule has 2 aromatic rings. The Bertz CT molecular complexity index is 1210. The van der Waals surface area contributed by atoms with Gasteiger partial charge in [0.05, 0.1) is 9.79 Å². The van der Waals surface area contributed by atoms with Crippen LogP contribution in [0.2, 0.25) is 0 Å². The number of amides is 2. The molecular weight excluding hydrogens is 406 g/mol. The van der Waals surface area contributed by atoms with Crippen LogP contribution in [0.5, 0.6) is 0 Å². The topological polar surface area (TPSA) is 113 Å². The minimum Gasteiger partial charge on any atom is -0.332 e. The Morgan fingerprint density at radius 2 is 1.67 bits per heavy atom. The SMILES string of the molecule is O=C1CN(C(=O)c2ccc3c(c2)S(=O)(=O)c2ccccc2C3=O)C2(CCNCC2)N1. The van der Waals surface area contributed by atoms with Crippen LogP contribution < -0.4 is 10.6 Å². The molecule has 8 nitrogen and oxygen atoms in total. The van der Waals surface area contributed by atoms with E-state index < -0.39 is 21.4 Å². The summed E-state index contributed by atoms with van der Waals surface area (Å²) in [6, 6.07) is 10.2. The molecule has 9 heteroatoms. The highest BCUT2D eigenvalue weighted by Crippen LogP contribution is 2.36. The van der Waals surface area contributed by atoms with Gasteiger partial charge in [0.2, 0.25) is 15.7 Å². The first-order valence-electron chi connectivity index (χ1n) is 9.70. The third-order valence-corrected chi connectivity index (χ3v) is 7.90. The molecule has 3 aliphatic heterocycles. The van der Waals surface area contributed by atoms with Crippen LogP contribution in [-0.4, -0.2) is 56.2 Å². The first-order valence-corrected chi connectivity index (χ1v) is 11.2. The van der Waals surface area contributed by atoms with Gasteiger partial charge in [-0.2, -0.15) is 0 Å². The lowest BCUT2D eigenvalue weighted by Gasteiger charge is -2.40. The zero-order valence-electron chi connectivity index (χ0n) is 16.0. The van der Waals surface area contributed by atoms with Crippen LogP contribution in [0, 0.1) is 0 Å². The monoisotopic (exact) mass is 425 g/mol. The number of benzene rings is 2. The average molecular weight is 425 g/mol. The summed E-state index contributed by atoms with van der Waals surface area (Å²) in [7, 11) is -3.94. The molecule has 2 fully saturated rings. The molecule has 3 heterocycles. The summed E-state index contributed by atoms with van der Waals surface area (Å²) in [5.41, 5.74) is -0.445. The van der Waals surface area contributed by atoms with Crippen LogP contribution in [0.4, 0.5) is 0 Å². The summed E-state index contributed by atoms with van der Waals surface area (Å²) in [5, 5.41) is 6.13. The van der Waals surface area contributed by atoms with Gasteiger partial charge in [0.25, 0.3) is 5.91 Å². The maximum atomic E-state index is 13.3. The molecule has 2 N–H and O–H groups in total. The first-order chi connectivity index (χ1) is 14.3. The van der Waals surface area contributed by atoms with E-state index in [1.54, 1.807) is 12.1 Å². The van der Waals surface area contributed by atoms with E-state index in [0.29, 0.717) is 25.9 Å². The number of hydrogen-bond donors (Lipinski definition) is 2. The molecule has 3 aliphatic rings. The Morgan fingerprint density at radius 1 is 0.967 bits per heavy atom. The van der Waals surface area contributed by atoms with E-state index in [1.807, 2.05) is 0 Å². The van der Waals surface area contributed by atoms with E-state index >= 15 is 0 Å². The van der Waals surface area contributed by atoms with Crippen LogP contribution >= 0.6 is 0 Å².